The summed E-state index contributed by atoms with van der Waals surface area (Å²) in [6.45, 7) is -0.296. The topological polar surface area (TPSA) is 89.0 Å². The third-order valence-electron chi connectivity index (χ3n) is 3.06. The Kier molecular flexibility index (Phi) is 6.32. The number of aromatic nitrogens is 3. The van der Waals surface area contributed by atoms with Gasteiger partial charge in [-0.25, -0.2) is 4.39 Å². The first-order chi connectivity index (χ1) is 12.3. The van der Waals surface area contributed by atoms with Crippen molar-refractivity contribution >= 4 is 29.1 Å². The highest BCUT2D eigenvalue weighted by Gasteiger charge is 2.24. The number of ether oxygens (including phenoxy) is 1. The summed E-state index contributed by atoms with van der Waals surface area (Å²) in [4.78, 5) is 24.2. The highest BCUT2D eigenvalue weighted by atomic mass is 35.5. The molecule has 0 atom stereocenters. The molecule has 0 saturated heterocycles. The van der Waals surface area contributed by atoms with Gasteiger partial charge in [-0.2, -0.15) is 8.78 Å². The minimum absolute atomic E-state index is 0.114. The molecule has 2 aromatic rings. The first-order valence-corrected chi connectivity index (χ1v) is 7.67. The van der Waals surface area contributed by atoms with Gasteiger partial charge in [-0.1, -0.05) is 29.3 Å². The van der Waals surface area contributed by atoms with Crippen molar-refractivity contribution in [2.24, 2.45) is 0 Å². The summed E-state index contributed by atoms with van der Waals surface area (Å²) in [6, 6.07) is 0.710. The Balaban J connectivity index is 2.56. The first-order valence-electron chi connectivity index (χ1n) is 6.91. The Labute approximate surface area is 154 Å². The normalized spacial score (nSPS) is 10.8. The quantitative estimate of drug-likeness (QED) is 0.686. The first kappa shape index (κ1) is 19.9. The Morgan fingerprint density at radius 3 is 2.81 bits per heavy atom. The fourth-order valence-electron chi connectivity index (χ4n) is 2.02. The number of hydrogen-bond donors (Lipinski definition) is 2. The van der Waals surface area contributed by atoms with Crippen molar-refractivity contribution in [1.82, 2.24) is 20.1 Å². The summed E-state index contributed by atoms with van der Waals surface area (Å²) < 4.78 is 43.9. The Hall–Kier alpha value is -2.46. The van der Waals surface area contributed by atoms with Gasteiger partial charge in [0.05, 0.1) is 0 Å². The zero-order valence-corrected chi connectivity index (χ0v) is 14.4. The SMILES string of the molecule is C=CCNC(=O)Cn1c(-c2[nH]nc(OC(F)F)c2Cl)c(F)cc(Cl)c1=O. The zero-order chi connectivity index (χ0) is 19.4. The molecule has 26 heavy (non-hydrogen) atoms. The van der Waals surface area contributed by atoms with Crippen LogP contribution in [-0.4, -0.2) is 33.8 Å². The number of carbonyl (C=O) groups is 1. The van der Waals surface area contributed by atoms with Gasteiger partial charge >= 0.3 is 6.61 Å². The van der Waals surface area contributed by atoms with Crippen LogP contribution in [0.15, 0.2) is 23.5 Å². The minimum atomic E-state index is -3.22. The highest BCUT2D eigenvalue weighted by molar-refractivity contribution is 6.34. The Bertz CT molecular complexity index is 898. The number of carbonyl (C=O) groups excluding carboxylic acids is 1. The number of nitrogens with one attached hydrogen (secondary N) is 2. The maximum absolute atomic E-state index is 14.4. The molecule has 0 saturated carbocycles. The number of amides is 1. The van der Waals surface area contributed by atoms with Crippen LogP contribution in [-0.2, 0) is 11.3 Å². The van der Waals surface area contributed by atoms with E-state index in [9.17, 15) is 22.8 Å². The molecule has 7 nitrogen and oxygen atoms in total. The molecule has 2 N–H and O–H groups in total. The fourth-order valence-corrected chi connectivity index (χ4v) is 2.44. The van der Waals surface area contributed by atoms with Gasteiger partial charge in [-0.05, 0) is 0 Å². The van der Waals surface area contributed by atoms with Gasteiger partial charge in [0.2, 0.25) is 5.91 Å². The zero-order valence-electron chi connectivity index (χ0n) is 12.9. The van der Waals surface area contributed by atoms with Crippen LogP contribution >= 0.6 is 23.2 Å². The Morgan fingerprint density at radius 1 is 1.50 bits per heavy atom. The molecular formula is C14H11Cl2F3N4O3. The maximum atomic E-state index is 14.4. The average molecular weight is 411 g/mol. The molecule has 0 spiro atoms. The minimum Gasteiger partial charge on any atom is -0.414 e. The van der Waals surface area contributed by atoms with Crippen molar-refractivity contribution < 1.29 is 22.7 Å². The van der Waals surface area contributed by atoms with Gasteiger partial charge in [0.1, 0.15) is 28.0 Å². The molecule has 140 valence electrons. The van der Waals surface area contributed by atoms with Crippen molar-refractivity contribution in [3.05, 3.63) is 44.9 Å². The number of H-pyrrole nitrogens is 1. The third kappa shape index (κ3) is 4.20. The van der Waals surface area contributed by atoms with E-state index >= 15 is 0 Å². The lowest BCUT2D eigenvalue weighted by atomic mass is 10.2. The molecular weight excluding hydrogens is 400 g/mol. The van der Waals surface area contributed by atoms with E-state index in [-0.39, 0.29) is 12.2 Å². The molecule has 12 heteroatoms. The molecule has 2 heterocycles. The van der Waals surface area contributed by atoms with E-state index in [1.54, 1.807) is 0 Å². The summed E-state index contributed by atoms with van der Waals surface area (Å²) in [5.41, 5.74) is -1.71. The number of pyridine rings is 1. The summed E-state index contributed by atoms with van der Waals surface area (Å²) in [5.74, 6) is -2.36. The van der Waals surface area contributed by atoms with Gasteiger partial charge in [0.25, 0.3) is 11.4 Å². The highest BCUT2D eigenvalue weighted by Crippen LogP contribution is 2.34. The average Bonchev–Trinajstić information content (AvgIpc) is 2.91. The lowest BCUT2D eigenvalue weighted by Crippen LogP contribution is -2.33. The predicted molar refractivity (Wildman–Crippen MR) is 88.1 cm³/mol. The lowest BCUT2D eigenvalue weighted by Gasteiger charge is -2.13. The molecule has 0 bridgehead atoms. The van der Waals surface area contributed by atoms with Crippen LogP contribution in [0.1, 0.15) is 0 Å². The second kappa shape index (κ2) is 8.28. The molecule has 2 rings (SSSR count). The standard InChI is InChI=1S/C14H11Cl2F3N4O3/c1-2-3-20-8(24)5-23-11(7(17)4-6(15)13(23)25)10-9(16)12(22-21-10)26-14(18)19/h2,4,14H,1,3,5H2,(H,20,24)(H,21,22). The van der Waals surface area contributed by atoms with E-state index in [1.165, 1.54) is 6.08 Å². The van der Waals surface area contributed by atoms with Crippen LogP contribution in [0.4, 0.5) is 13.2 Å². The molecule has 2 aromatic heterocycles. The third-order valence-corrected chi connectivity index (χ3v) is 3.68. The van der Waals surface area contributed by atoms with Gasteiger partial charge in [-0.15, -0.1) is 11.7 Å². The molecule has 0 radical (unpaired) electrons. The number of halogens is 5. The number of hydrogen-bond acceptors (Lipinski definition) is 4. The van der Waals surface area contributed by atoms with E-state index in [0.29, 0.717) is 10.6 Å². The second-order valence-electron chi connectivity index (χ2n) is 4.77. The molecule has 0 aliphatic rings. The summed E-state index contributed by atoms with van der Waals surface area (Å²) in [5, 5.41) is 7.04. The maximum Gasteiger partial charge on any atom is 0.388 e. The van der Waals surface area contributed by atoms with Gasteiger partial charge in [0, 0.05) is 12.6 Å². The second-order valence-corrected chi connectivity index (χ2v) is 5.55. The number of nitrogens with zero attached hydrogens (tertiary/aromatic N) is 2. The number of rotatable bonds is 7. The lowest BCUT2D eigenvalue weighted by molar-refractivity contribution is -0.121. The molecule has 1 amide bonds. The van der Waals surface area contributed by atoms with Gasteiger partial charge in [-0.3, -0.25) is 19.3 Å². The van der Waals surface area contributed by atoms with Crippen molar-refractivity contribution in [2.45, 2.75) is 13.2 Å². The predicted octanol–water partition coefficient (Wildman–Crippen LogP) is 2.59. The van der Waals surface area contributed by atoms with E-state index in [1.807, 2.05) is 0 Å². The van der Waals surface area contributed by atoms with Gasteiger partial charge in [0.15, 0.2) is 5.82 Å². The number of aromatic amines is 1. The molecule has 0 unspecified atom stereocenters. The van der Waals surface area contributed by atoms with Crippen molar-refractivity contribution in [3.8, 4) is 17.3 Å². The van der Waals surface area contributed by atoms with Crippen LogP contribution in [0.2, 0.25) is 10.0 Å². The van der Waals surface area contributed by atoms with Crippen molar-refractivity contribution in [2.75, 3.05) is 6.54 Å². The molecule has 0 aromatic carbocycles. The van der Waals surface area contributed by atoms with E-state index in [4.69, 9.17) is 23.2 Å². The van der Waals surface area contributed by atoms with Crippen molar-refractivity contribution in [1.29, 1.82) is 0 Å². The molecule has 0 fully saturated rings. The summed E-state index contributed by atoms with van der Waals surface area (Å²) in [7, 11) is 0. The molecule has 0 aliphatic carbocycles. The number of alkyl halides is 2. The van der Waals surface area contributed by atoms with Crippen LogP contribution in [0, 0.1) is 5.82 Å². The van der Waals surface area contributed by atoms with Crippen LogP contribution in [0.25, 0.3) is 11.4 Å². The van der Waals surface area contributed by atoms with E-state index in [0.717, 1.165) is 0 Å². The Morgan fingerprint density at radius 2 is 2.19 bits per heavy atom. The van der Waals surface area contributed by atoms with Crippen LogP contribution in [0.3, 0.4) is 0 Å². The van der Waals surface area contributed by atoms with E-state index in [2.05, 4.69) is 26.8 Å². The summed E-state index contributed by atoms with van der Waals surface area (Å²) >= 11 is 11.6. The fraction of sp³-hybridized carbons (Fsp3) is 0.214. The smallest absolute Gasteiger partial charge is 0.388 e. The van der Waals surface area contributed by atoms with Gasteiger partial charge < -0.3 is 10.1 Å². The van der Waals surface area contributed by atoms with Crippen molar-refractivity contribution in [3.63, 3.8) is 0 Å². The van der Waals surface area contributed by atoms with Crippen LogP contribution < -0.4 is 15.6 Å². The van der Waals surface area contributed by atoms with E-state index < -0.39 is 52.1 Å². The largest absolute Gasteiger partial charge is 0.414 e. The van der Waals surface area contributed by atoms with Crippen LogP contribution in [0.5, 0.6) is 5.88 Å². The molecule has 0 aliphatic heterocycles. The monoisotopic (exact) mass is 410 g/mol. The summed E-state index contributed by atoms with van der Waals surface area (Å²) in [6.07, 6.45) is 1.40.